The highest BCUT2D eigenvalue weighted by atomic mass is 127. The van der Waals surface area contributed by atoms with Gasteiger partial charge in [0.25, 0.3) is 0 Å². The summed E-state index contributed by atoms with van der Waals surface area (Å²) in [5.74, 6) is 0. The molecule has 0 aromatic carbocycles. The van der Waals surface area contributed by atoms with Crippen molar-refractivity contribution in [2.75, 3.05) is 0 Å². The van der Waals surface area contributed by atoms with Gasteiger partial charge in [0.1, 0.15) is 3.70 Å². The third kappa shape index (κ3) is 1.68. The van der Waals surface area contributed by atoms with Gasteiger partial charge >= 0.3 is 0 Å². The molecule has 0 aliphatic rings. The Morgan fingerprint density at radius 2 is 1.93 bits per heavy atom. The molecule has 5 heteroatoms. The van der Waals surface area contributed by atoms with Crippen LogP contribution in [0, 0.1) is 21.2 Å². The van der Waals surface area contributed by atoms with Crippen molar-refractivity contribution in [1.29, 1.82) is 0 Å². The monoisotopic (exact) mass is 524 g/mol. The summed E-state index contributed by atoms with van der Waals surface area (Å²) in [7, 11) is 0. The average molecular weight is 524 g/mol. The van der Waals surface area contributed by atoms with Gasteiger partial charge in [-0.15, -0.1) is 0 Å². The van der Waals surface area contributed by atoms with Gasteiger partial charge in [-0.3, -0.25) is 2.78 Å². The second-order valence-electron chi connectivity index (χ2n) is 3.15. The molecular weight excluding hydrogens is 517 g/mol. The smallest absolute Gasteiger partial charge is 0.126 e. The Morgan fingerprint density at radius 1 is 1.29 bits per heavy atom. The van der Waals surface area contributed by atoms with Gasteiger partial charge in [-0.1, -0.05) is 0 Å². The molecule has 0 saturated heterocycles. The lowest BCUT2D eigenvalue weighted by molar-refractivity contribution is 1.18. The second-order valence-corrected chi connectivity index (χ2v) is 6.16. The third-order valence-corrected chi connectivity index (χ3v) is 6.09. The van der Waals surface area contributed by atoms with Crippen molar-refractivity contribution in [3.05, 3.63) is 24.7 Å². The van der Waals surface area contributed by atoms with Crippen LogP contribution in [0.4, 0.5) is 0 Å². The molecule has 0 amide bonds. The number of halogens is 3. The molecule has 0 aliphatic carbocycles. The standard InChI is InChI=1S/C9H7I3N2/c1-4-3-6-5(2)9(11)14(12)7(6)8(10)13-4/h3H,1-2H3. The van der Waals surface area contributed by atoms with Gasteiger partial charge in [-0.05, 0) is 70.7 Å². The van der Waals surface area contributed by atoms with Crippen LogP contribution in [0.2, 0.25) is 0 Å². The quantitative estimate of drug-likeness (QED) is 0.376. The Labute approximate surface area is 124 Å². The summed E-state index contributed by atoms with van der Waals surface area (Å²) >= 11 is 7.00. The number of hydrogen-bond donors (Lipinski definition) is 0. The number of fused-ring (bicyclic) bond motifs is 1. The van der Waals surface area contributed by atoms with Crippen molar-refractivity contribution in [3.8, 4) is 0 Å². The number of nitrogens with zero attached hydrogens (tertiary/aromatic N) is 2. The first-order valence-corrected chi connectivity index (χ1v) is 7.14. The summed E-state index contributed by atoms with van der Waals surface area (Å²) < 4.78 is 4.54. The normalized spacial score (nSPS) is 11.2. The van der Waals surface area contributed by atoms with Crippen molar-refractivity contribution < 1.29 is 0 Å². The van der Waals surface area contributed by atoms with Gasteiger partial charge in [0.2, 0.25) is 0 Å². The first-order valence-electron chi connectivity index (χ1n) is 4.02. The molecule has 0 saturated carbocycles. The summed E-state index contributed by atoms with van der Waals surface area (Å²) in [5, 5.41) is 1.32. The summed E-state index contributed by atoms with van der Waals surface area (Å²) in [6.07, 6.45) is 0. The number of hydrogen-bond acceptors (Lipinski definition) is 1. The van der Waals surface area contributed by atoms with E-state index in [1.165, 1.54) is 20.2 Å². The molecule has 0 unspecified atom stereocenters. The highest BCUT2D eigenvalue weighted by Crippen LogP contribution is 2.31. The number of rotatable bonds is 0. The number of aromatic nitrogens is 2. The van der Waals surface area contributed by atoms with Crippen molar-refractivity contribution in [3.63, 3.8) is 0 Å². The molecule has 0 N–H and O–H groups in total. The van der Waals surface area contributed by atoms with Gasteiger partial charge in [-0.2, -0.15) is 0 Å². The zero-order valence-corrected chi connectivity index (χ0v) is 14.1. The predicted octanol–water partition coefficient (Wildman–Crippen LogP) is 4.06. The van der Waals surface area contributed by atoms with Crippen LogP contribution in [-0.2, 0) is 0 Å². The third-order valence-electron chi connectivity index (χ3n) is 2.16. The summed E-state index contributed by atoms with van der Waals surface area (Å²) in [4.78, 5) is 4.47. The van der Waals surface area contributed by atoms with Crippen molar-refractivity contribution >= 4 is 78.9 Å². The van der Waals surface area contributed by atoms with Crippen LogP contribution in [0.25, 0.3) is 10.9 Å². The molecule has 2 heterocycles. The maximum Gasteiger partial charge on any atom is 0.126 e. The molecule has 0 bridgehead atoms. The molecule has 2 aromatic rings. The first-order chi connectivity index (χ1) is 6.52. The van der Waals surface area contributed by atoms with E-state index in [0.29, 0.717) is 0 Å². The van der Waals surface area contributed by atoms with E-state index in [2.05, 4.69) is 88.8 Å². The van der Waals surface area contributed by atoms with Crippen LogP contribution in [0.15, 0.2) is 6.07 Å². The minimum absolute atomic E-state index is 1.08. The highest BCUT2D eigenvalue weighted by Gasteiger charge is 2.13. The Kier molecular flexibility index (Phi) is 3.28. The van der Waals surface area contributed by atoms with E-state index in [-0.39, 0.29) is 0 Å². The van der Waals surface area contributed by atoms with Crippen LogP contribution in [-0.4, -0.2) is 7.76 Å². The molecule has 2 nitrogen and oxygen atoms in total. The SMILES string of the molecule is Cc1cc2c(C)c(I)n(I)c2c(I)n1. The summed E-state index contributed by atoms with van der Waals surface area (Å²) in [5.41, 5.74) is 3.67. The van der Waals surface area contributed by atoms with Crippen molar-refractivity contribution in [2.24, 2.45) is 0 Å². The zero-order chi connectivity index (χ0) is 10.5. The fourth-order valence-corrected chi connectivity index (χ4v) is 4.21. The van der Waals surface area contributed by atoms with Crippen molar-refractivity contribution in [1.82, 2.24) is 7.76 Å². The molecule has 0 atom stereocenters. The molecule has 0 spiro atoms. The molecule has 2 rings (SSSR count). The molecular formula is C9H7I3N2. The van der Waals surface area contributed by atoms with E-state index in [1.807, 2.05) is 6.92 Å². The number of aryl methyl sites for hydroxylation is 2. The maximum atomic E-state index is 4.47. The van der Waals surface area contributed by atoms with Crippen LogP contribution >= 0.6 is 68.0 Å². The van der Waals surface area contributed by atoms with E-state index in [9.17, 15) is 0 Å². The lowest BCUT2D eigenvalue weighted by atomic mass is 10.2. The lowest BCUT2D eigenvalue weighted by Crippen LogP contribution is -1.89. The van der Waals surface area contributed by atoms with Crippen LogP contribution in [0.5, 0.6) is 0 Å². The molecule has 74 valence electrons. The van der Waals surface area contributed by atoms with E-state index < -0.39 is 0 Å². The Hall–Kier alpha value is 0.880. The zero-order valence-electron chi connectivity index (χ0n) is 7.61. The van der Waals surface area contributed by atoms with Gasteiger partial charge in [0, 0.05) is 11.1 Å². The Bertz CT molecular complexity index is 516. The average Bonchev–Trinajstić information content (AvgIpc) is 2.31. The second kappa shape index (κ2) is 4.04. The largest absolute Gasteiger partial charge is 0.274 e. The summed E-state index contributed by atoms with van der Waals surface area (Å²) in [6.45, 7) is 4.20. The minimum atomic E-state index is 1.08. The number of pyridine rings is 1. The predicted molar refractivity (Wildman–Crippen MR) is 84.1 cm³/mol. The van der Waals surface area contributed by atoms with Crippen molar-refractivity contribution in [2.45, 2.75) is 13.8 Å². The molecule has 0 aliphatic heterocycles. The van der Waals surface area contributed by atoms with Gasteiger partial charge in [0.15, 0.2) is 0 Å². The Morgan fingerprint density at radius 3 is 2.57 bits per heavy atom. The van der Waals surface area contributed by atoms with Crippen LogP contribution in [0.1, 0.15) is 11.3 Å². The van der Waals surface area contributed by atoms with E-state index >= 15 is 0 Å². The topological polar surface area (TPSA) is 17.8 Å². The minimum Gasteiger partial charge on any atom is -0.274 e. The maximum absolute atomic E-state index is 4.47. The fraction of sp³-hybridized carbons (Fsp3) is 0.222. The van der Waals surface area contributed by atoms with Crippen LogP contribution < -0.4 is 0 Å². The van der Waals surface area contributed by atoms with E-state index in [0.717, 1.165) is 9.39 Å². The van der Waals surface area contributed by atoms with E-state index in [1.54, 1.807) is 0 Å². The molecule has 0 fully saturated rings. The van der Waals surface area contributed by atoms with E-state index in [4.69, 9.17) is 0 Å². The van der Waals surface area contributed by atoms with Gasteiger partial charge in [-0.25, -0.2) is 4.98 Å². The first kappa shape index (κ1) is 11.4. The summed E-state index contributed by atoms with van der Waals surface area (Å²) in [6, 6.07) is 2.16. The lowest BCUT2D eigenvalue weighted by Gasteiger charge is -1.99. The molecule has 0 radical (unpaired) electrons. The molecule has 14 heavy (non-hydrogen) atoms. The van der Waals surface area contributed by atoms with Gasteiger partial charge < -0.3 is 0 Å². The molecule has 2 aromatic heterocycles. The van der Waals surface area contributed by atoms with Gasteiger partial charge in [0.05, 0.1) is 32.1 Å². The Balaban J connectivity index is 3.02. The fourth-order valence-electron chi connectivity index (χ4n) is 1.46. The highest BCUT2D eigenvalue weighted by molar-refractivity contribution is 14.1. The van der Waals surface area contributed by atoms with Crippen LogP contribution in [0.3, 0.4) is 0 Å².